The zero-order valence-corrected chi connectivity index (χ0v) is 22.2. The van der Waals surface area contributed by atoms with E-state index in [-0.39, 0.29) is 0 Å². The number of aryl methyl sites for hydroxylation is 1. The van der Waals surface area contributed by atoms with Crippen molar-refractivity contribution < 1.29 is 14.3 Å². The van der Waals surface area contributed by atoms with E-state index in [1.54, 1.807) is 0 Å². The fraction of sp³-hybridized carbons (Fsp3) is 0.452. The van der Waals surface area contributed by atoms with Crippen LogP contribution in [0.5, 0.6) is 0 Å². The minimum absolute atomic E-state index is 0.300. The largest absolute Gasteiger partial charge is 0.481 e. The summed E-state index contributed by atoms with van der Waals surface area (Å²) in [5.41, 5.74) is 4.74. The van der Waals surface area contributed by atoms with Crippen molar-refractivity contribution in [3.8, 4) is 11.5 Å². The monoisotopic (exact) mass is 501 g/mol. The Morgan fingerprint density at radius 2 is 1.62 bits per heavy atom. The summed E-state index contributed by atoms with van der Waals surface area (Å²) in [5, 5.41) is 15.2. The first-order valence-electron chi connectivity index (χ1n) is 13.8. The van der Waals surface area contributed by atoms with Crippen molar-refractivity contribution in [2.45, 2.75) is 78.1 Å². The smallest absolute Gasteiger partial charge is 0.303 e. The van der Waals surface area contributed by atoms with Crippen molar-refractivity contribution in [3.05, 3.63) is 53.4 Å². The SMILES string of the molecule is CCNc1cc2oc3cc(=NCCCCCCCCCCCC(=O)O)c4ccccc4c-3nc2cc1C. The molecule has 1 aliphatic heterocycles. The molecule has 196 valence electrons. The lowest BCUT2D eigenvalue weighted by Crippen LogP contribution is -2.08. The third kappa shape index (κ3) is 7.09. The maximum atomic E-state index is 10.5. The number of rotatable bonds is 14. The standard InChI is InChI=1S/C31H39N3O3/c1-3-32-25-20-28-27(19-22(25)2)34-31-24-16-13-12-15-23(24)26(21-29(31)37-28)33-18-14-10-8-6-4-5-7-9-11-17-30(35)36/h12-13,15-16,19-21,32H,3-11,14,17-18H2,1-2H3,(H,35,36). The predicted molar refractivity (Wildman–Crippen MR) is 151 cm³/mol. The Kier molecular flexibility index (Phi) is 9.52. The van der Waals surface area contributed by atoms with Crippen LogP contribution in [-0.4, -0.2) is 29.1 Å². The second-order valence-corrected chi connectivity index (χ2v) is 9.87. The van der Waals surface area contributed by atoms with Crippen molar-refractivity contribution in [2.24, 2.45) is 4.99 Å². The van der Waals surface area contributed by atoms with Crippen molar-refractivity contribution in [1.82, 2.24) is 4.98 Å². The molecule has 6 heteroatoms. The van der Waals surface area contributed by atoms with Gasteiger partial charge < -0.3 is 14.8 Å². The Labute approximate surface area is 219 Å². The highest BCUT2D eigenvalue weighted by atomic mass is 16.4. The number of anilines is 1. The summed E-state index contributed by atoms with van der Waals surface area (Å²) in [7, 11) is 0. The zero-order valence-electron chi connectivity index (χ0n) is 22.2. The molecule has 0 unspecified atom stereocenters. The van der Waals surface area contributed by atoms with Gasteiger partial charge in [-0.1, -0.05) is 69.2 Å². The summed E-state index contributed by atoms with van der Waals surface area (Å²) < 4.78 is 6.36. The molecule has 0 saturated carbocycles. The molecule has 2 aromatic rings. The van der Waals surface area contributed by atoms with Gasteiger partial charge in [-0.05, 0) is 38.3 Å². The van der Waals surface area contributed by atoms with E-state index in [9.17, 15) is 4.79 Å². The normalized spacial score (nSPS) is 12.1. The summed E-state index contributed by atoms with van der Waals surface area (Å²) in [6.07, 6.45) is 10.4. The van der Waals surface area contributed by atoms with E-state index in [1.807, 2.05) is 18.2 Å². The lowest BCUT2D eigenvalue weighted by Gasteiger charge is -2.13. The van der Waals surface area contributed by atoms with E-state index in [1.165, 1.54) is 32.1 Å². The van der Waals surface area contributed by atoms with E-state index >= 15 is 0 Å². The molecule has 0 atom stereocenters. The van der Waals surface area contributed by atoms with Gasteiger partial charge in [-0.25, -0.2) is 4.98 Å². The molecule has 4 rings (SSSR count). The highest BCUT2D eigenvalue weighted by Crippen LogP contribution is 2.32. The Morgan fingerprint density at radius 1 is 0.946 bits per heavy atom. The van der Waals surface area contributed by atoms with Crippen LogP contribution in [0.1, 0.15) is 76.7 Å². The molecular weight excluding hydrogens is 462 g/mol. The first-order chi connectivity index (χ1) is 18.1. The molecule has 0 spiro atoms. The summed E-state index contributed by atoms with van der Waals surface area (Å²) in [4.78, 5) is 20.5. The van der Waals surface area contributed by atoms with Gasteiger partial charge in [0.2, 0.25) is 0 Å². The fourth-order valence-electron chi connectivity index (χ4n) is 4.93. The number of nitrogens with one attached hydrogen (secondary N) is 1. The van der Waals surface area contributed by atoms with Crippen molar-refractivity contribution in [2.75, 3.05) is 18.4 Å². The van der Waals surface area contributed by atoms with E-state index in [2.05, 4.69) is 43.4 Å². The molecule has 0 radical (unpaired) electrons. The molecule has 2 aliphatic rings. The van der Waals surface area contributed by atoms with Crippen LogP contribution in [0, 0.1) is 6.92 Å². The van der Waals surface area contributed by atoms with Gasteiger partial charge >= 0.3 is 5.97 Å². The Hall–Kier alpha value is -3.41. The van der Waals surface area contributed by atoms with Crippen LogP contribution in [0.4, 0.5) is 5.69 Å². The van der Waals surface area contributed by atoms with Crippen LogP contribution in [0.15, 0.2) is 51.9 Å². The second-order valence-electron chi connectivity index (χ2n) is 9.87. The number of nitrogens with zero attached hydrogens (tertiary/aromatic N) is 2. The maximum absolute atomic E-state index is 10.5. The lowest BCUT2D eigenvalue weighted by molar-refractivity contribution is -0.137. The van der Waals surface area contributed by atoms with Crippen molar-refractivity contribution in [1.29, 1.82) is 0 Å². The molecular formula is C31H39N3O3. The van der Waals surface area contributed by atoms with Gasteiger partial charge in [0.15, 0.2) is 11.3 Å². The number of carbonyl (C=O) groups is 1. The van der Waals surface area contributed by atoms with Gasteiger partial charge in [0.25, 0.3) is 0 Å². The Morgan fingerprint density at radius 3 is 2.32 bits per heavy atom. The zero-order chi connectivity index (χ0) is 26.0. The van der Waals surface area contributed by atoms with E-state index in [4.69, 9.17) is 19.5 Å². The van der Waals surface area contributed by atoms with Gasteiger partial charge in [0.05, 0.1) is 5.36 Å². The Bertz CT molecular complexity index is 1380. The number of carboxylic acid groups (broad SMARTS) is 1. The van der Waals surface area contributed by atoms with Crippen molar-refractivity contribution >= 4 is 33.5 Å². The Balaban J connectivity index is 1.40. The summed E-state index contributed by atoms with van der Waals surface area (Å²) in [6.45, 7) is 5.84. The molecule has 0 amide bonds. The number of benzene rings is 3. The number of aromatic nitrogens is 1. The third-order valence-electron chi connectivity index (χ3n) is 6.92. The van der Waals surface area contributed by atoms with E-state index in [0.717, 1.165) is 88.7 Å². The summed E-state index contributed by atoms with van der Waals surface area (Å²) >= 11 is 0. The lowest BCUT2D eigenvalue weighted by atomic mass is 10.0. The average molecular weight is 502 g/mol. The number of carboxylic acids is 1. The topological polar surface area (TPSA) is 87.7 Å². The minimum atomic E-state index is -0.685. The first kappa shape index (κ1) is 26.6. The van der Waals surface area contributed by atoms with Crippen LogP contribution < -0.4 is 10.7 Å². The second kappa shape index (κ2) is 13.2. The molecule has 2 N–H and O–H groups in total. The molecule has 0 saturated heterocycles. The highest BCUT2D eigenvalue weighted by Gasteiger charge is 2.15. The molecule has 1 aliphatic carbocycles. The highest BCUT2D eigenvalue weighted by molar-refractivity contribution is 5.96. The fourth-order valence-corrected chi connectivity index (χ4v) is 4.93. The molecule has 2 aromatic carbocycles. The minimum Gasteiger partial charge on any atom is -0.481 e. The number of hydrogen-bond acceptors (Lipinski definition) is 5. The molecule has 0 fully saturated rings. The number of hydrogen-bond donors (Lipinski definition) is 2. The van der Waals surface area contributed by atoms with Gasteiger partial charge in [0, 0.05) is 48.1 Å². The summed E-state index contributed by atoms with van der Waals surface area (Å²) in [5.74, 6) is 0.0786. The van der Waals surface area contributed by atoms with E-state index < -0.39 is 5.97 Å². The van der Waals surface area contributed by atoms with Crippen LogP contribution in [0.25, 0.3) is 33.3 Å². The van der Waals surface area contributed by atoms with Crippen molar-refractivity contribution in [3.63, 3.8) is 0 Å². The van der Waals surface area contributed by atoms with Crippen LogP contribution >= 0.6 is 0 Å². The molecule has 6 nitrogen and oxygen atoms in total. The van der Waals surface area contributed by atoms with Gasteiger partial charge in [-0.3, -0.25) is 9.79 Å². The predicted octanol–water partition coefficient (Wildman–Crippen LogP) is 7.71. The van der Waals surface area contributed by atoms with Gasteiger partial charge in [-0.15, -0.1) is 0 Å². The van der Waals surface area contributed by atoms with Crippen LogP contribution in [0.3, 0.4) is 0 Å². The van der Waals surface area contributed by atoms with Crippen LogP contribution in [0.2, 0.25) is 0 Å². The number of fused-ring (bicyclic) bond motifs is 4. The van der Waals surface area contributed by atoms with Gasteiger partial charge in [-0.2, -0.15) is 0 Å². The maximum Gasteiger partial charge on any atom is 0.303 e. The molecule has 0 bridgehead atoms. The summed E-state index contributed by atoms with van der Waals surface area (Å²) in [6, 6.07) is 14.5. The first-order valence-corrected chi connectivity index (χ1v) is 13.8. The number of unbranched alkanes of at least 4 members (excludes halogenated alkanes) is 8. The average Bonchev–Trinajstić information content (AvgIpc) is 2.89. The third-order valence-corrected chi connectivity index (χ3v) is 6.92. The molecule has 37 heavy (non-hydrogen) atoms. The van der Waals surface area contributed by atoms with Gasteiger partial charge in [0.1, 0.15) is 11.2 Å². The van der Waals surface area contributed by atoms with Crippen LogP contribution in [-0.2, 0) is 4.79 Å². The van der Waals surface area contributed by atoms with E-state index in [0.29, 0.717) is 6.42 Å². The molecule has 1 heterocycles. The quantitative estimate of drug-likeness (QED) is 0.105. The molecule has 0 aromatic heterocycles. The number of aliphatic carboxylic acids is 1.